The zero-order chi connectivity index (χ0) is 12.6. The van der Waals surface area contributed by atoms with Gasteiger partial charge in [0, 0.05) is 10.6 Å². The monoisotopic (exact) mass is 260 g/mol. The van der Waals surface area contributed by atoms with Gasteiger partial charge in [-0.05, 0) is 23.8 Å². The quantitative estimate of drug-likeness (QED) is 0.400. The van der Waals surface area contributed by atoms with E-state index in [4.69, 9.17) is 11.6 Å². The third-order valence-electron chi connectivity index (χ3n) is 2.26. The fraction of sp³-hybridized carbons (Fsp3) is 0. The van der Waals surface area contributed by atoms with Crippen LogP contribution < -0.4 is 0 Å². The van der Waals surface area contributed by atoms with Crippen molar-refractivity contribution in [2.45, 2.75) is 0 Å². The van der Waals surface area contributed by atoms with Gasteiger partial charge >= 0.3 is 0 Å². The smallest absolute Gasteiger partial charge is 0.198 e. The van der Waals surface area contributed by atoms with Crippen molar-refractivity contribution >= 4 is 11.6 Å². The molecule has 2 aromatic carbocycles. The van der Waals surface area contributed by atoms with E-state index in [0.717, 1.165) is 0 Å². The van der Waals surface area contributed by atoms with Crippen molar-refractivity contribution in [3.05, 3.63) is 58.6 Å². The van der Waals surface area contributed by atoms with E-state index in [1.54, 1.807) is 0 Å². The molecule has 0 heterocycles. The van der Waals surface area contributed by atoms with E-state index < -0.39 is 23.3 Å². The molecular formula is C12H5ClF4. The molecule has 88 valence electrons. The second kappa shape index (κ2) is 4.37. The lowest BCUT2D eigenvalue weighted by Crippen LogP contribution is -1.98. The summed E-state index contributed by atoms with van der Waals surface area (Å²) in [5.41, 5.74) is -0.136. The highest BCUT2D eigenvalue weighted by atomic mass is 35.5. The van der Waals surface area contributed by atoms with E-state index in [2.05, 4.69) is 0 Å². The second-order valence-corrected chi connectivity index (χ2v) is 3.79. The zero-order valence-corrected chi connectivity index (χ0v) is 9.03. The summed E-state index contributed by atoms with van der Waals surface area (Å²) in [6.45, 7) is 0. The Labute approximate surface area is 99.5 Å². The van der Waals surface area contributed by atoms with Crippen LogP contribution in [0.4, 0.5) is 17.6 Å². The Balaban J connectivity index is 2.64. The lowest BCUT2D eigenvalue weighted by Gasteiger charge is -2.06. The van der Waals surface area contributed by atoms with Gasteiger partial charge in [-0.1, -0.05) is 23.7 Å². The van der Waals surface area contributed by atoms with Crippen LogP contribution >= 0.6 is 11.6 Å². The Kier molecular flexibility index (Phi) is 3.07. The summed E-state index contributed by atoms with van der Waals surface area (Å²) in [4.78, 5) is 0. The molecule has 0 nitrogen and oxygen atoms in total. The molecule has 2 aromatic rings. The van der Waals surface area contributed by atoms with Crippen molar-refractivity contribution in [3.63, 3.8) is 0 Å². The average molecular weight is 261 g/mol. The van der Waals surface area contributed by atoms with E-state index in [9.17, 15) is 17.6 Å². The summed E-state index contributed by atoms with van der Waals surface area (Å²) in [6, 6.07) is 6.26. The minimum atomic E-state index is -1.82. The molecule has 0 bridgehead atoms. The number of hydrogen-bond donors (Lipinski definition) is 0. The fourth-order valence-corrected chi connectivity index (χ4v) is 1.54. The van der Waals surface area contributed by atoms with Crippen LogP contribution in [0.25, 0.3) is 11.1 Å². The first-order chi connectivity index (χ1) is 8.00. The van der Waals surface area contributed by atoms with Crippen molar-refractivity contribution in [1.29, 1.82) is 0 Å². The predicted molar refractivity (Wildman–Crippen MR) is 56.7 cm³/mol. The Bertz CT molecular complexity index is 564. The summed E-state index contributed by atoms with van der Waals surface area (Å²) in [6.07, 6.45) is 0. The van der Waals surface area contributed by atoms with Crippen molar-refractivity contribution in [2.24, 2.45) is 0 Å². The largest absolute Gasteiger partial charge is 0.204 e. The van der Waals surface area contributed by atoms with E-state index in [1.165, 1.54) is 24.3 Å². The highest BCUT2D eigenvalue weighted by molar-refractivity contribution is 6.30. The molecule has 0 radical (unpaired) electrons. The zero-order valence-electron chi connectivity index (χ0n) is 8.28. The molecular weight excluding hydrogens is 256 g/mol. The maximum absolute atomic E-state index is 13.4. The van der Waals surface area contributed by atoms with E-state index in [1.807, 2.05) is 0 Å². The van der Waals surface area contributed by atoms with Gasteiger partial charge in [-0.2, -0.15) is 0 Å². The first kappa shape index (κ1) is 11.9. The minimum Gasteiger partial charge on any atom is -0.204 e. The van der Waals surface area contributed by atoms with Crippen LogP contribution in [0.3, 0.4) is 0 Å². The van der Waals surface area contributed by atoms with Gasteiger partial charge in [0.15, 0.2) is 23.3 Å². The number of hydrogen-bond acceptors (Lipinski definition) is 0. The van der Waals surface area contributed by atoms with Gasteiger partial charge in [0.25, 0.3) is 0 Å². The van der Waals surface area contributed by atoms with Crippen molar-refractivity contribution < 1.29 is 17.6 Å². The molecule has 5 heteroatoms. The van der Waals surface area contributed by atoms with E-state index >= 15 is 0 Å². The number of halogens is 5. The molecule has 0 unspecified atom stereocenters. The molecule has 0 amide bonds. The SMILES string of the molecule is Fc1cc(-c2ccc(Cl)cc2)c(F)c(F)c1F. The van der Waals surface area contributed by atoms with Crippen LogP contribution in [-0.4, -0.2) is 0 Å². The van der Waals surface area contributed by atoms with Crippen molar-refractivity contribution in [1.82, 2.24) is 0 Å². The van der Waals surface area contributed by atoms with Gasteiger partial charge in [0.2, 0.25) is 0 Å². The van der Waals surface area contributed by atoms with Gasteiger partial charge in [0.05, 0.1) is 0 Å². The van der Waals surface area contributed by atoms with Crippen LogP contribution in [0, 0.1) is 23.3 Å². The third-order valence-corrected chi connectivity index (χ3v) is 2.51. The molecule has 0 aliphatic heterocycles. The molecule has 0 aliphatic rings. The van der Waals surface area contributed by atoms with Gasteiger partial charge in [-0.25, -0.2) is 17.6 Å². The second-order valence-electron chi connectivity index (χ2n) is 3.35. The van der Waals surface area contributed by atoms with E-state index in [0.29, 0.717) is 11.1 Å². The Hall–Kier alpha value is -1.55. The van der Waals surface area contributed by atoms with Crippen molar-refractivity contribution in [3.8, 4) is 11.1 Å². The topological polar surface area (TPSA) is 0 Å². The summed E-state index contributed by atoms with van der Waals surface area (Å²) in [5, 5.41) is 0.400. The lowest BCUT2D eigenvalue weighted by molar-refractivity contribution is 0.411. The average Bonchev–Trinajstić information content (AvgIpc) is 2.32. The summed E-state index contributed by atoms with van der Waals surface area (Å²) >= 11 is 5.62. The summed E-state index contributed by atoms with van der Waals surface area (Å²) < 4.78 is 52.1. The van der Waals surface area contributed by atoms with Crippen LogP contribution in [0.2, 0.25) is 5.02 Å². The predicted octanol–water partition coefficient (Wildman–Crippen LogP) is 4.56. The molecule has 0 aliphatic carbocycles. The molecule has 0 N–H and O–H groups in total. The number of benzene rings is 2. The maximum atomic E-state index is 13.4. The summed E-state index contributed by atoms with van der Waals surface area (Å²) in [5.74, 6) is -6.50. The van der Waals surface area contributed by atoms with Gasteiger partial charge in [-0.3, -0.25) is 0 Å². The van der Waals surface area contributed by atoms with Crippen molar-refractivity contribution in [2.75, 3.05) is 0 Å². The Morgan fingerprint density at radius 3 is 1.94 bits per heavy atom. The summed E-state index contributed by atoms with van der Waals surface area (Å²) in [7, 11) is 0. The molecule has 2 rings (SSSR count). The molecule has 0 saturated heterocycles. The minimum absolute atomic E-state index is 0.213. The van der Waals surface area contributed by atoms with Gasteiger partial charge in [0.1, 0.15) is 0 Å². The third kappa shape index (κ3) is 2.13. The molecule has 0 saturated carbocycles. The Morgan fingerprint density at radius 2 is 1.35 bits per heavy atom. The highest BCUT2D eigenvalue weighted by Gasteiger charge is 2.19. The first-order valence-corrected chi connectivity index (χ1v) is 4.97. The van der Waals surface area contributed by atoms with Gasteiger partial charge < -0.3 is 0 Å². The van der Waals surface area contributed by atoms with E-state index in [-0.39, 0.29) is 11.1 Å². The standard InChI is InChI=1S/C12H5ClF4/c13-7-3-1-6(2-4-7)8-5-9(14)11(16)12(17)10(8)15/h1-5H. The lowest BCUT2D eigenvalue weighted by atomic mass is 10.0. The molecule has 17 heavy (non-hydrogen) atoms. The highest BCUT2D eigenvalue weighted by Crippen LogP contribution is 2.28. The van der Waals surface area contributed by atoms with Crippen LogP contribution in [0.1, 0.15) is 0 Å². The number of rotatable bonds is 1. The van der Waals surface area contributed by atoms with Gasteiger partial charge in [-0.15, -0.1) is 0 Å². The molecule has 0 spiro atoms. The van der Waals surface area contributed by atoms with Crippen LogP contribution in [-0.2, 0) is 0 Å². The molecule has 0 aromatic heterocycles. The molecule has 0 fully saturated rings. The van der Waals surface area contributed by atoms with Crippen LogP contribution in [0.15, 0.2) is 30.3 Å². The Morgan fingerprint density at radius 1 is 0.765 bits per heavy atom. The maximum Gasteiger partial charge on any atom is 0.198 e. The van der Waals surface area contributed by atoms with Crippen LogP contribution in [0.5, 0.6) is 0 Å². The normalized spacial score (nSPS) is 10.6. The fourth-order valence-electron chi connectivity index (χ4n) is 1.41. The molecule has 0 atom stereocenters. The first-order valence-electron chi connectivity index (χ1n) is 4.59.